The molecular weight excluding hydrogens is 306 g/mol. The second kappa shape index (κ2) is 6.39. The fourth-order valence-electron chi connectivity index (χ4n) is 2.05. The largest absolute Gasteiger partial charge is 0.376 e. The number of carbonyl (C=O) groups excluding carboxylic acids is 1. The number of halogens is 1. The molecule has 1 amide bonds. The second-order valence-electron chi connectivity index (χ2n) is 5.00. The van der Waals surface area contributed by atoms with Gasteiger partial charge in [-0.05, 0) is 31.7 Å². The lowest BCUT2D eigenvalue weighted by atomic mass is 10.2. The minimum absolute atomic E-state index is 0.171. The Balaban J connectivity index is 1.84. The van der Waals surface area contributed by atoms with Gasteiger partial charge in [-0.15, -0.1) is 0 Å². The minimum atomic E-state index is 0.171. The number of anilines is 1. The van der Waals surface area contributed by atoms with Crippen LogP contribution in [0.25, 0.3) is 0 Å². The van der Waals surface area contributed by atoms with Gasteiger partial charge in [0.15, 0.2) is 0 Å². The van der Waals surface area contributed by atoms with Gasteiger partial charge in [0.25, 0.3) is 0 Å². The van der Waals surface area contributed by atoms with Gasteiger partial charge in [0.05, 0.1) is 6.54 Å². The molecule has 0 spiro atoms. The standard InChI is InChI=1S/C14H20BrN3O/c1-11-3-4-12(9-13(11)15)16-10-14(19)18-7-5-17(2)6-8-18/h3-4,9,16H,5-8,10H2,1-2H3. The number of piperazine rings is 1. The summed E-state index contributed by atoms with van der Waals surface area (Å²) in [7, 11) is 2.09. The number of benzene rings is 1. The Kier molecular flexibility index (Phi) is 4.82. The van der Waals surface area contributed by atoms with Crippen molar-refractivity contribution in [1.29, 1.82) is 0 Å². The van der Waals surface area contributed by atoms with E-state index < -0.39 is 0 Å². The summed E-state index contributed by atoms with van der Waals surface area (Å²) in [6, 6.07) is 6.04. The molecule has 19 heavy (non-hydrogen) atoms. The van der Waals surface area contributed by atoms with Crippen LogP contribution < -0.4 is 5.32 Å². The zero-order valence-corrected chi connectivity index (χ0v) is 13.0. The molecule has 1 fully saturated rings. The van der Waals surface area contributed by atoms with E-state index >= 15 is 0 Å². The first-order valence-electron chi connectivity index (χ1n) is 6.52. The van der Waals surface area contributed by atoms with Crippen molar-refractivity contribution >= 4 is 27.5 Å². The Labute approximate surface area is 122 Å². The molecule has 0 unspecified atom stereocenters. The fourth-order valence-corrected chi connectivity index (χ4v) is 2.43. The smallest absolute Gasteiger partial charge is 0.241 e. The normalized spacial score (nSPS) is 16.5. The van der Waals surface area contributed by atoms with Gasteiger partial charge in [-0.1, -0.05) is 22.0 Å². The van der Waals surface area contributed by atoms with E-state index in [0.29, 0.717) is 6.54 Å². The number of nitrogens with zero attached hydrogens (tertiary/aromatic N) is 2. The van der Waals surface area contributed by atoms with Crippen LogP contribution in [0.3, 0.4) is 0 Å². The quantitative estimate of drug-likeness (QED) is 0.922. The molecule has 0 atom stereocenters. The van der Waals surface area contributed by atoms with Crippen molar-refractivity contribution in [2.24, 2.45) is 0 Å². The summed E-state index contributed by atoms with van der Waals surface area (Å²) in [6.45, 7) is 5.98. The van der Waals surface area contributed by atoms with Crippen molar-refractivity contribution in [1.82, 2.24) is 9.80 Å². The first-order valence-corrected chi connectivity index (χ1v) is 7.32. The van der Waals surface area contributed by atoms with Gasteiger partial charge >= 0.3 is 0 Å². The monoisotopic (exact) mass is 325 g/mol. The predicted molar refractivity (Wildman–Crippen MR) is 81.4 cm³/mol. The van der Waals surface area contributed by atoms with E-state index in [4.69, 9.17) is 0 Å². The van der Waals surface area contributed by atoms with Gasteiger partial charge in [-0.3, -0.25) is 4.79 Å². The van der Waals surface area contributed by atoms with E-state index in [0.717, 1.165) is 36.3 Å². The number of nitrogens with one attached hydrogen (secondary N) is 1. The van der Waals surface area contributed by atoms with E-state index in [1.165, 1.54) is 5.56 Å². The number of hydrogen-bond donors (Lipinski definition) is 1. The SMILES string of the molecule is Cc1ccc(NCC(=O)N2CCN(C)CC2)cc1Br. The Bertz CT molecular complexity index is 456. The highest BCUT2D eigenvalue weighted by Crippen LogP contribution is 2.20. The summed E-state index contributed by atoms with van der Waals surface area (Å²) in [4.78, 5) is 16.2. The molecule has 2 rings (SSSR count). The van der Waals surface area contributed by atoms with Gasteiger partial charge in [0, 0.05) is 36.3 Å². The molecule has 0 radical (unpaired) electrons. The number of aryl methyl sites for hydroxylation is 1. The van der Waals surface area contributed by atoms with Crippen LogP contribution in [0.4, 0.5) is 5.69 Å². The Hall–Kier alpha value is -1.07. The maximum atomic E-state index is 12.1. The Morgan fingerprint density at radius 1 is 1.32 bits per heavy atom. The van der Waals surface area contributed by atoms with Crippen LogP contribution in [0.15, 0.2) is 22.7 Å². The average Bonchev–Trinajstić information content (AvgIpc) is 2.40. The molecule has 0 aliphatic carbocycles. The number of likely N-dealkylation sites (N-methyl/N-ethyl adjacent to an activating group) is 1. The topological polar surface area (TPSA) is 35.6 Å². The van der Waals surface area contributed by atoms with Crippen LogP contribution in [0.2, 0.25) is 0 Å². The maximum Gasteiger partial charge on any atom is 0.241 e. The molecule has 1 saturated heterocycles. The zero-order chi connectivity index (χ0) is 13.8. The van der Waals surface area contributed by atoms with Gasteiger partial charge in [0.1, 0.15) is 0 Å². The molecule has 4 nitrogen and oxygen atoms in total. The lowest BCUT2D eigenvalue weighted by Gasteiger charge is -2.32. The molecule has 104 valence electrons. The van der Waals surface area contributed by atoms with Gasteiger partial charge in [-0.25, -0.2) is 0 Å². The van der Waals surface area contributed by atoms with E-state index in [-0.39, 0.29) is 5.91 Å². The summed E-state index contributed by atoms with van der Waals surface area (Å²) in [5.74, 6) is 0.171. The molecule has 5 heteroatoms. The highest BCUT2D eigenvalue weighted by Gasteiger charge is 2.18. The number of hydrogen-bond acceptors (Lipinski definition) is 3. The molecule has 1 aromatic rings. The van der Waals surface area contributed by atoms with Crippen LogP contribution in [0.1, 0.15) is 5.56 Å². The highest BCUT2D eigenvalue weighted by atomic mass is 79.9. The summed E-state index contributed by atoms with van der Waals surface area (Å²) in [5.41, 5.74) is 2.16. The van der Waals surface area contributed by atoms with E-state index in [1.807, 2.05) is 30.0 Å². The Morgan fingerprint density at radius 2 is 2.00 bits per heavy atom. The van der Waals surface area contributed by atoms with Crippen molar-refractivity contribution in [3.8, 4) is 0 Å². The van der Waals surface area contributed by atoms with Crippen LogP contribution in [-0.2, 0) is 4.79 Å². The molecule has 0 aromatic heterocycles. The highest BCUT2D eigenvalue weighted by molar-refractivity contribution is 9.10. The third kappa shape index (κ3) is 3.94. The lowest BCUT2D eigenvalue weighted by molar-refractivity contribution is -0.130. The summed E-state index contributed by atoms with van der Waals surface area (Å²) in [5, 5.41) is 3.19. The zero-order valence-electron chi connectivity index (χ0n) is 11.4. The van der Waals surface area contributed by atoms with Crippen LogP contribution in [0, 0.1) is 6.92 Å². The van der Waals surface area contributed by atoms with Crippen LogP contribution in [-0.4, -0.2) is 55.5 Å². The van der Waals surface area contributed by atoms with Crippen LogP contribution in [0.5, 0.6) is 0 Å². The molecule has 1 aliphatic rings. The van der Waals surface area contributed by atoms with Gasteiger partial charge < -0.3 is 15.1 Å². The predicted octanol–water partition coefficient (Wildman–Crippen LogP) is 1.94. The molecule has 0 bridgehead atoms. The Morgan fingerprint density at radius 3 is 2.63 bits per heavy atom. The van der Waals surface area contributed by atoms with Crippen molar-refractivity contribution in [2.75, 3.05) is 45.1 Å². The van der Waals surface area contributed by atoms with E-state index in [1.54, 1.807) is 0 Å². The lowest BCUT2D eigenvalue weighted by Crippen LogP contribution is -2.48. The fraction of sp³-hybridized carbons (Fsp3) is 0.500. The van der Waals surface area contributed by atoms with E-state index in [2.05, 4.69) is 33.2 Å². The average molecular weight is 326 g/mol. The second-order valence-corrected chi connectivity index (χ2v) is 5.86. The van der Waals surface area contributed by atoms with Crippen molar-refractivity contribution in [2.45, 2.75) is 6.92 Å². The molecule has 1 heterocycles. The van der Waals surface area contributed by atoms with Crippen molar-refractivity contribution in [3.05, 3.63) is 28.2 Å². The number of amides is 1. The molecular formula is C14H20BrN3O. The minimum Gasteiger partial charge on any atom is -0.376 e. The maximum absolute atomic E-state index is 12.1. The molecule has 0 saturated carbocycles. The van der Waals surface area contributed by atoms with Crippen LogP contribution >= 0.6 is 15.9 Å². The first kappa shape index (κ1) is 14.3. The first-order chi connectivity index (χ1) is 9.06. The third-order valence-electron chi connectivity index (χ3n) is 3.47. The number of rotatable bonds is 3. The number of carbonyl (C=O) groups is 1. The van der Waals surface area contributed by atoms with Crippen molar-refractivity contribution in [3.63, 3.8) is 0 Å². The molecule has 1 N–H and O–H groups in total. The molecule has 1 aliphatic heterocycles. The van der Waals surface area contributed by atoms with Crippen molar-refractivity contribution < 1.29 is 4.79 Å². The van der Waals surface area contributed by atoms with Gasteiger partial charge in [0.2, 0.25) is 5.91 Å². The summed E-state index contributed by atoms with van der Waals surface area (Å²) < 4.78 is 1.06. The third-order valence-corrected chi connectivity index (χ3v) is 4.33. The van der Waals surface area contributed by atoms with Gasteiger partial charge in [-0.2, -0.15) is 0 Å². The molecule has 1 aromatic carbocycles. The summed E-state index contributed by atoms with van der Waals surface area (Å²) >= 11 is 3.50. The van der Waals surface area contributed by atoms with E-state index in [9.17, 15) is 4.79 Å². The summed E-state index contributed by atoms with van der Waals surface area (Å²) in [6.07, 6.45) is 0.